The molecule has 2 aliphatic carbocycles. The number of amides is 1. The Hall–Kier alpha value is -1.11. The van der Waals surface area contributed by atoms with E-state index in [4.69, 9.17) is 4.74 Å². The molecule has 3 aliphatic rings. The summed E-state index contributed by atoms with van der Waals surface area (Å²) in [6, 6.07) is 0.351. The molecule has 4 rings (SSSR count). The van der Waals surface area contributed by atoms with Crippen LogP contribution in [0.15, 0.2) is 12.4 Å². The average molecular weight is 411 g/mol. The van der Waals surface area contributed by atoms with Gasteiger partial charge in [0.05, 0.1) is 12.6 Å². The molecule has 0 radical (unpaired) electrons. The maximum atomic E-state index is 13.2. The third kappa shape index (κ3) is 4.71. The van der Waals surface area contributed by atoms with Crippen LogP contribution in [0.2, 0.25) is 0 Å². The van der Waals surface area contributed by atoms with Gasteiger partial charge in [0.1, 0.15) is 12.4 Å². The van der Waals surface area contributed by atoms with Crippen molar-refractivity contribution in [2.75, 3.05) is 19.7 Å². The minimum Gasteiger partial charge on any atom is -0.368 e. The number of hydrogen-bond donors (Lipinski definition) is 1. The molecule has 1 atom stereocenters. The third-order valence-electron chi connectivity index (χ3n) is 6.89. The van der Waals surface area contributed by atoms with Gasteiger partial charge in [0, 0.05) is 25.0 Å². The maximum absolute atomic E-state index is 13.2. The third-order valence-corrected chi connectivity index (χ3v) is 6.89. The Morgan fingerprint density at radius 2 is 2.07 bits per heavy atom. The highest BCUT2D eigenvalue weighted by Crippen LogP contribution is 2.56. The van der Waals surface area contributed by atoms with Gasteiger partial charge in [0.2, 0.25) is 5.91 Å². The first-order chi connectivity index (χ1) is 13.2. The zero-order chi connectivity index (χ0) is 18.7. The monoisotopic (exact) mass is 410 g/mol. The van der Waals surface area contributed by atoms with Gasteiger partial charge >= 0.3 is 0 Å². The normalized spacial score (nSPS) is 24.0. The molecule has 0 aromatic carbocycles. The molecule has 2 saturated carbocycles. The Kier molecular flexibility index (Phi) is 7.40. The fourth-order valence-electron chi connectivity index (χ4n) is 5.04. The average Bonchev–Trinajstić information content (AvgIpc) is 3.18. The number of rotatable bonds is 7. The Morgan fingerprint density at radius 3 is 2.79 bits per heavy atom. The first-order valence-corrected chi connectivity index (χ1v) is 10.8. The summed E-state index contributed by atoms with van der Waals surface area (Å²) < 4.78 is 8.16. The molecule has 1 amide bonds. The molecule has 6 nitrogen and oxygen atoms in total. The molecule has 3 fully saturated rings. The highest BCUT2D eigenvalue weighted by molar-refractivity contribution is 5.85. The Balaban J connectivity index is 0.00000225. The largest absolute Gasteiger partial charge is 0.368 e. The van der Waals surface area contributed by atoms with Gasteiger partial charge in [-0.15, -0.1) is 12.4 Å². The molecule has 1 aromatic rings. The van der Waals surface area contributed by atoms with Crippen molar-refractivity contribution in [2.24, 2.45) is 5.41 Å². The zero-order valence-electron chi connectivity index (χ0n) is 17.1. The SMILES string of the molecule is CCn1ccnc1CN(C(=O)COC1CCCCC1)C1CC12CCNCC2.Cl. The van der Waals surface area contributed by atoms with Crippen molar-refractivity contribution in [1.29, 1.82) is 0 Å². The number of piperidine rings is 1. The van der Waals surface area contributed by atoms with Gasteiger partial charge in [-0.3, -0.25) is 4.79 Å². The molecular formula is C21H35ClN4O2. The molecule has 1 aromatic heterocycles. The van der Waals surface area contributed by atoms with Crippen molar-refractivity contribution in [3.05, 3.63) is 18.2 Å². The van der Waals surface area contributed by atoms with Crippen molar-refractivity contribution >= 4 is 18.3 Å². The molecule has 1 aliphatic heterocycles. The number of imidazole rings is 1. The summed E-state index contributed by atoms with van der Waals surface area (Å²) >= 11 is 0. The standard InChI is InChI=1S/C21H34N4O2.ClH/c1-2-24-13-12-23-19(24)15-25(18-14-21(18)8-10-22-11-9-21)20(26)16-27-17-6-4-3-5-7-17;/h12-13,17-18,22H,2-11,14-16H2,1H3;1H. The summed E-state index contributed by atoms with van der Waals surface area (Å²) in [5.41, 5.74) is 0.329. The van der Waals surface area contributed by atoms with Crippen LogP contribution in [0.3, 0.4) is 0 Å². The van der Waals surface area contributed by atoms with Crippen LogP contribution in [0.5, 0.6) is 0 Å². The van der Waals surface area contributed by atoms with Crippen molar-refractivity contribution in [1.82, 2.24) is 19.8 Å². The second-order valence-corrected chi connectivity index (χ2v) is 8.55. The predicted octanol–water partition coefficient (Wildman–Crippen LogP) is 3.14. The van der Waals surface area contributed by atoms with Crippen LogP contribution < -0.4 is 5.32 Å². The van der Waals surface area contributed by atoms with Crippen LogP contribution in [0.4, 0.5) is 0 Å². The fraction of sp³-hybridized carbons (Fsp3) is 0.810. The van der Waals surface area contributed by atoms with E-state index in [2.05, 4.69) is 26.7 Å². The van der Waals surface area contributed by atoms with E-state index in [0.29, 0.717) is 18.0 Å². The minimum absolute atomic E-state index is 0. The van der Waals surface area contributed by atoms with E-state index >= 15 is 0 Å². The quantitative estimate of drug-likeness (QED) is 0.750. The van der Waals surface area contributed by atoms with Crippen molar-refractivity contribution in [2.45, 2.75) is 83.5 Å². The van der Waals surface area contributed by atoms with Crippen LogP contribution in [0, 0.1) is 5.41 Å². The second kappa shape index (κ2) is 9.59. The molecule has 0 bridgehead atoms. The first kappa shape index (κ1) is 21.6. The van der Waals surface area contributed by atoms with Crippen LogP contribution >= 0.6 is 12.4 Å². The topological polar surface area (TPSA) is 59.4 Å². The lowest BCUT2D eigenvalue weighted by atomic mass is 9.93. The summed E-state index contributed by atoms with van der Waals surface area (Å²) in [6.45, 7) is 5.97. The lowest BCUT2D eigenvalue weighted by Crippen LogP contribution is -2.41. The van der Waals surface area contributed by atoms with Gasteiger partial charge in [-0.1, -0.05) is 19.3 Å². The Bertz CT molecular complexity index is 638. The number of carbonyl (C=O) groups excluding carboxylic acids is 1. The molecule has 7 heteroatoms. The second-order valence-electron chi connectivity index (χ2n) is 8.55. The lowest BCUT2D eigenvalue weighted by molar-refractivity contribution is -0.141. The highest BCUT2D eigenvalue weighted by atomic mass is 35.5. The lowest BCUT2D eigenvalue weighted by Gasteiger charge is -2.30. The van der Waals surface area contributed by atoms with Crippen LogP contribution in [0.25, 0.3) is 0 Å². The van der Waals surface area contributed by atoms with E-state index in [1.807, 2.05) is 12.4 Å². The first-order valence-electron chi connectivity index (χ1n) is 10.8. The number of halogens is 1. The number of ether oxygens (including phenoxy) is 1. The Labute approximate surface area is 174 Å². The summed E-state index contributed by atoms with van der Waals surface area (Å²) in [4.78, 5) is 19.8. The van der Waals surface area contributed by atoms with E-state index in [0.717, 1.165) is 44.7 Å². The summed E-state index contributed by atoms with van der Waals surface area (Å²) in [5, 5.41) is 3.46. The van der Waals surface area contributed by atoms with E-state index in [-0.39, 0.29) is 31.0 Å². The zero-order valence-corrected chi connectivity index (χ0v) is 17.9. The Morgan fingerprint density at radius 1 is 1.32 bits per heavy atom. The van der Waals surface area contributed by atoms with Gasteiger partial charge in [0.25, 0.3) is 0 Å². The van der Waals surface area contributed by atoms with Gasteiger partial charge in [-0.05, 0) is 57.5 Å². The molecule has 1 saturated heterocycles. The van der Waals surface area contributed by atoms with E-state index < -0.39 is 0 Å². The number of hydrogen-bond acceptors (Lipinski definition) is 4. The highest BCUT2D eigenvalue weighted by Gasteiger charge is 2.57. The van der Waals surface area contributed by atoms with Crippen molar-refractivity contribution in [3.8, 4) is 0 Å². The van der Waals surface area contributed by atoms with Gasteiger partial charge in [-0.2, -0.15) is 0 Å². The van der Waals surface area contributed by atoms with Gasteiger partial charge in [0.15, 0.2) is 0 Å². The number of carbonyl (C=O) groups is 1. The fourth-order valence-corrected chi connectivity index (χ4v) is 5.04. The summed E-state index contributed by atoms with van der Waals surface area (Å²) in [6.07, 6.45) is 13.6. The predicted molar refractivity (Wildman–Crippen MR) is 111 cm³/mol. The van der Waals surface area contributed by atoms with E-state index in [1.165, 1.54) is 32.1 Å². The number of aryl methyl sites for hydroxylation is 1. The summed E-state index contributed by atoms with van der Waals surface area (Å²) in [5.74, 6) is 1.13. The van der Waals surface area contributed by atoms with Crippen molar-refractivity contribution in [3.63, 3.8) is 0 Å². The van der Waals surface area contributed by atoms with Crippen LogP contribution in [-0.2, 0) is 22.6 Å². The van der Waals surface area contributed by atoms with Gasteiger partial charge < -0.3 is 19.5 Å². The molecule has 1 N–H and O–H groups in total. The summed E-state index contributed by atoms with van der Waals surface area (Å²) in [7, 11) is 0. The minimum atomic E-state index is 0. The molecule has 1 unspecified atom stereocenters. The van der Waals surface area contributed by atoms with Gasteiger partial charge in [-0.25, -0.2) is 4.98 Å². The molecule has 158 valence electrons. The maximum Gasteiger partial charge on any atom is 0.249 e. The molecule has 28 heavy (non-hydrogen) atoms. The van der Waals surface area contributed by atoms with Crippen LogP contribution in [-0.4, -0.2) is 52.2 Å². The molecule has 1 spiro atoms. The number of nitrogens with one attached hydrogen (secondary N) is 1. The van der Waals surface area contributed by atoms with Crippen molar-refractivity contribution < 1.29 is 9.53 Å². The van der Waals surface area contributed by atoms with E-state index in [1.54, 1.807) is 0 Å². The molecular weight excluding hydrogens is 376 g/mol. The molecule has 2 heterocycles. The van der Waals surface area contributed by atoms with E-state index in [9.17, 15) is 4.79 Å². The van der Waals surface area contributed by atoms with Crippen LogP contribution in [0.1, 0.15) is 64.1 Å². The smallest absolute Gasteiger partial charge is 0.249 e. The number of aromatic nitrogens is 2. The number of nitrogens with zero attached hydrogens (tertiary/aromatic N) is 3.